The van der Waals surface area contributed by atoms with Gasteiger partial charge < -0.3 is 0 Å². The molecule has 7 aromatic carbocycles. The lowest BCUT2D eigenvalue weighted by Gasteiger charge is -2.14. The highest BCUT2D eigenvalue weighted by Gasteiger charge is 2.16. The molecule has 298 valence electrons. The second-order valence-corrected chi connectivity index (χ2v) is 16.2. The summed E-state index contributed by atoms with van der Waals surface area (Å²) in [6, 6.07) is 65.2. The van der Waals surface area contributed by atoms with E-state index in [-0.39, 0.29) is 0 Å². The highest BCUT2D eigenvalue weighted by atomic mass is 15.0. The van der Waals surface area contributed by atoms with E-state index in [1.807, 2.05) is 54.9 Å². The van der Waals surface area contributed by atoms with Crippen LogP contribution in [0.4, 0.5) is 0 Å². The molecule has 0 saturated heterocycles. The van der Waals surface area contributed by atoms with E-state index in [1.54, 1.807) is 0 Å². The summed E-state index contributed by atoms with van der Waals surface area (Å²) in [7, 11) is 0. The first kappa shape index (κ1) is 37.8. The summed E-state index contributed by atoms with van der Waals surface area (Å²) in [5.74, 6) is 2.19. The summed E-state index contributed by atoms with van der Waals surface area (Å²) in [4.78, 5) is 30.0. The normalized spacial score (nSPS) is 11.5. The predicted octanol–water partition coefficient (Wildman–Crippen LogP) is 14.3. The van der Waals surface area contributed by atoms with Gasteiger partial charge in [0, 0.05) is 56.4 Å². The average Bonchev–Trinajstić information content (AvgIpc) is 3.36. The Morgan fingerprint density at radius 1 is 0.349 bits per heavy atom. The number of nitrogens with zero attached hydrogens (tertiary/aromatic N) is 6. The summed E-state index contributed by atoms with van der Waals surface area (Å²) in [6.45, 7) is 4.48. The molecule has 0 amide bonds. The third-order valence-electron chi connectivity index (χ3n) is 11.8. The van der Waals surface area contributed by atoms with E-state index in [2.05, 4.69) is 164 Å². The van der Waals surface area contributed by atoms with Crippen molar-refractivity contribution in [2.45, 2.75) is 19.8 Å². The fraction of sp³-hybridized carbons (Fsp3) is 0.0526. The average molecular weight is 809 g/mol. The third-order valence-corrected chi connectivity index (χ3v) is 11.8. The first-order chi connectivity index (χ1) is 31.0. The van der Waals surface area contributed by atoms with Gasteiger partial charge in [-0.2, -0.15) is 0 Å². The molecule has 6 heteroatoms. The maximum atomic E-state index is 5.26. The second kappa shape index (κ2) is 16.0. The number of hydrogen-bond acceptors (Lipinski definition) is 6. The Balaban J connectivity index is 0.917. The first-order valence-corrected chi connectivity index (χ1v) is 21.3. The molecule has 0 fully saturated rings. The van der Waals surface area contributed by atoms with Gasteiger partial charge in [-0.3, -0.25) is 4.98 Å². The molecule has 0 spiro atoms. The van der Waals surface area contributed by atoms with E-state index in [9.17, 15) is 0 Å². The minimum atomic E-state index is 0.338. The molecule has 11 aromatic rings. The number of fused-ring (bicyclic) bond motifs is 4. The van der Waals surface area contributed by atoms with Gasteiger partial charge in [0.15, 0.2) is 17.5 Å². The Labute approximate surface area is 365 Å². The van der Waals surface area contributed by atoms with Gasteiger partial charge in [-0.25, -0.2) is 24.9 Å². The zero-order valence-corrected chi connectivity index (χ0v) is 34.8. The molecule has 0 radical (unpaired) electrons. The largest absolute Gasteiger partial charge is 0.264 e. The van der Waals surface area contributed by atoms with Gasteiger partial charge in [-0.05, 0) is 63.4 Å². The lowest BCUT2D eigenvalue weighted by molar-refractivity contribution is 0.875. The van der Waals surface area contributed by atoms with E-state index in [1.165, 1.54) is 5.56 Å². The Bertz CT molecular complexity index is 3450. The molecule has 0 atom stereocenters. The molecule has 0 aliphatic heterocycles. The van der Waals surface area contributed by atoms with E-state index in [4.69, 9.17) is 24.9 Å². The van der Waals surface area contributed by atoms with Crippen LogP contribution < -0.4 is 0 Å². The van der Waals surface area contributed by atoms with E-state index in [0.717, 1.165) is 94.0 Å². The van der Waals surface area contributed by atoms with Gasteiger partial charge in [-0.1, -0.05) is 178 Å². The topological polar surface area (TPSA) is 77.3 Å². The van der Waals surface area contributed by atoms with Crippen molar-refractivity contribution in [3.8, 4) is 78.9 Å². The zero-order valence-electron chi connectivity index (χ0n) is 34.8. The summed E-state index contributed by atoms with van der Waals surface area (Å²) in [5.41, 5.74) is 14.3. The summed E-state index contributed by atoms with van der Waals surface area (Å²) >= 11 is 0. The maximum absolute atomic E-state index is 5.26. The molecule has 4 aromatic heterocycles. The fourth-order valence-corrected chi connectivity index (χ4v) is 8.48. The van der Waals surface area contributed by atoms with Crippen LogP contribution in [0.25, 0.3) is 112 Å². The quantitative estimate of drug-likeness (QED) is 0.142. The summed E-state index contributed by atoms with van der Waals surface area (Å²) in [6.07, 6.45) is 3.75. The molecule has 4 heterocycles. The zero-order chi connectivity index (χ0) is 42.3. The Morgan fingerprint density at radius 2 is 0.905 bits per heavy atom. The molecule has 63 heavy (non-hydrogen) atoms. The molecule has 0 unspecified atom stereocenters. The molecular weight excluding hydrogens is 769 g/mol. The maximum Gasteiger partial charge on any atom is 0.164 e. The molecule has 11 rings (SSSR count). The number of hydrogen-bond donors (Lipinski definition) is 0. The molecule has 0 aliphatic carbocycles. The van der Waals surface area contributed by atoms with Crippen molar-refractivity contribution >= 4 is 32.6 Å². The van der Waals surface area contributed by atoms with Crippen LogP contribution in [0.2, 0.25) is 0 Å². The van der Waals surface area contributed by atoms with Crippen LogP contribution in [0.15, 0.2) is 200 Å². The van der Waals surface area contributed by atoms with Crippen molar-refractivity contribution in [2.24, 2.45) is 0 Å². The summed E-state index contributed by atoms with van der Waals surface area (Å²) < 4.78 is 0. The Morgan fingerprint density at radius 3 is 1.62 bits per heavy atom. The van der Waals surface area contributed by atoms with Crippen molar-refractivity contribution in [3.05, 3.63) is 206 Å². The predicted molar refractivity (Wildman–Crippen MR) is 258 cm³/mol. The van der Waals surface area contributed by atoms with Crippen molar-refractivity contribution in [2.75, 3.05) is 0 Å². The lowest BCUT2D eigenvalue weighted by atomic mass is 9.95. The molecule has 0 N–H and O–H groups in total. The SMILES string of the molecule is CC(C)c1cc(-c2ccccc2)nc2c1ccc1ccc(-c3ccc(-c4ccc(-c5nc(-c6ccccc6)nc(-c6cccc(-c7cccc8ccncc78)c6)n5)cc4)cc3)nc12. The van der Waals surface area contributed by atoms with E-state index >= 15 is 0 Å². The molecule has 0 saturated carbocycles. The van der Waals surface area contributed by atoms with Crippen LogP contribution in [-0.4, -0.2) is 29.9 Å². The smallest absolute Gasteiger partial charge is 0.164 e. The Hall–Kier alpha value is -8.22. The molecule has 6 nitrogen and oxygen atoms in total. The standard InChI is InChI=1S/C57H40N6/c1-36(2)49-34-52(40-11-5-3-6-12-40)60-54-48(49)29-27-42-28-30-51(59-53(42)54)41-23-19-37(20-24-41)38-21-25-44(26-22-38)56-61-55(43-13-7-4-8-14-43)62-57(63-56)46-17-9-16-45(33-46)47-18-10-15-39-31-32-58-35-50(39)47/h3-36H,1-2H3. The Kier molecular flexibility index (Phi) is 9.59. The van der Waals surface area contributed by atoms with E-state index < -0.39 is 0 Å². The van der Waals surface area contributed by atoms with Gasteiger partial charge in [0.1, 0.15) is 0 Å². The van der Waals surface area contributed by atoms with Gasteiger partial charge >= 0.3 is 0 Å². The number of aromatic nitrogens is 6. The van der Waals surface area contributed by atoms with Crippen LogP contribution in [0.3, 0.4) is 0 Å². The van der Waals surface area contributed by atoms with Crippen LogP contribution in [0.5, 0.6) is 0 Å². The van der Waals surface area contributed by atoms with Crippen molar-refractivity contribution in [1.82, 2.24) is 29.9 Å². The molecular formula is C57H40N6. The third kappa shape index (κ3) is 7.28. The fourth-order valence-electron chi connectivity index (χ4n) is 8.48. The van der Waals surface area contributed by atoms with Crippen molar-refractivity contribution < 1.29 is 0 Å². The number of rotatable bonds is 8. The van der Waals surface area contributed by atoms with Crippen LogP contribution >= 0.6 is 0 Å². The monoisotopic (exact) mass is 808 g/mol. The van der Waals surface area contributed by atoms with Crippen molar-refractivity contribution in [3.63, 3.8) is 0 Å². The van der Waals surface area contributed by atoms with Crippen LogP contribution in [0, 0.1) is 0 Å². The lowest BCUT2D eigenvalue weighted by Crippen LogP contribution is -2.00. The first-order valence-electron chi connectivity index (χ1n) is 21.3. The highest BCUT2D eigenvalue weighted by molar-refractivity contribution is 6.05. The molecule has 0 bridgehead atoms. The van der Waals surface area contributed by atoms with Crippen molar-refractivity contribution in [1.29, 1.82) is 0 Å². The highest BCUT2D eigenvalue weighted by Crippen LogP contribution is 2.36. The van der Waals surface area contributed by atoms with E-state index in [0.29, 0.717) is 23.4 Å². The minimum Gasteiger partial charge on any atom is -0.264 e. The summed E-state index contributed by atoms with van der Waals surface area (Å²) in [5, 5.41) is 4.47. The number of pyridine rings is 3. The van der Waals surface area contributed by atoms with Gasteiger partial charge in [0.25, 0.3) is 0 Å². The van der Waals surface area contributed by atoms with Gasteiger partial charge in [0.05, 0.1) is 22.4 Å². The van der Waals surface area contributed by atoms with Crippen LogP contribution in [0.1, 0.15) is 25.3 Å². The minimum absolute atomic E-state index is 0.338. The molecule has 0 aliphatic rings. The van der Waals surface area contributed by atoms with Gasteiger partial charge in [0.2, 0.25) is 0 Å². The second-order valence-electron chi connectivity index (χ2n) is 16.2. The number of benzene rings is 7. The van der Waals surface area contributed by atoms with Crippen LogP contribution in [-0.2, 0) is 0 Å². The van der Waals surface area contributed by atoms with Gasteiger partial charge in [-0.15, -0.1) is 0 Å².